The Labute approximate surface area is 137 Å². The van der Waals surface area contributed by atoms with Gasteiger partial charge in [0.2, 0.25) is 0 Å². The highest BCUT2D eigenvalue weighted by Crippen LogP contribution is 2.29. The Morgan fingerprint density at radius 2 is 1.90 bits per heavy atom. The highest BCUT2D eigenvalue weighted by atomic mass is 79.9. The fourth-order valence-electron chi connectivity index (χ4n) is 2.39. The fourth-order valence-corrected chi connectivity index (χ4v) is 5.45. The molecule has 4 nitrogen and oxygen atoms in total. The number of anilines is 2. The van der Waals surface area contributed by atoms with Gasteiger partial charge in [0, 0.05) is 18.8 Å². The summed E-state index contributed by atoms with van der Waals surface area (Å²) in [5.74, 6) is 0. The minimum absolute atomic E-state index is 0.306. The largest absolute Gasteiger partial charge is 0.371 e. The number of benzene rings is 1. The molecule has 21 heavy (non-hydrogen) atoms. The van der Waals surface area contributed by atoms with Crippen molar-refractivity contribution in [2.75, 3.05) is 22.7 Å². The summed E-state index contributed by atoms with van der Waals surface area (Å²) in [5, 5.41) is 0. The van der Waals surface area contributed by atoms with Crippen LogP contribution in [0.25, 0.3) is 0 Å². The average Bonchev–Trinajstić information content (AvgIpc) is 3.09. The van der Waals surface area contributed by atoms with Crippen molar-refractivity contribution in [3.8, 4) is 0 Å². The molecule has 0 spiro atoms. The van der Waals surface area contributed by atoms with Gasteiger partial charge in [-0.15, -0.1) is 11.3 Å². The summed E-state index contributed by atoms with van der Waals surface area (Å²) in [6, 6.07) is 10.9. The molecule has 0 saturated carbocycles. The van der Waals surface area contributed by atoms with Crippen LogP contribution in [0.15, 0.2) is 44.4 Å². The SMILES string of the molecule is O=S(=O)(Nc1cccc(N2CCCC2)c1)c1ccc(Br)s1. The Morgan fingerprint density at radius 1 is 1.14 bits per heavy atom. The van der Waals surface area contributed by atoms with Gasteiger partial charge in [0.1, 0.15) is 4.21 Å². The molecule has 0 radical (unpaired) electrons. The predicted molar refractivity (Wildman–Crippen MR) is 90.7 cm³/mol. The van der Waals surface area contributed by atoms with Crippen molar-refractivity contribution in [1.82, 2.24) is 0 Å². The molecule has 1 saturated heterocycles. The van der Waals surface area contributed by atoms with Crippen LogP contribution in [-0.2, 0) is 10.0 Å². The number of rotatable bonds is 4. The van der Waals surface area contributed by atoms with Gasteiger partial charge in [-0.2, -0.15) is 0 Å². The number of hydrogen-bond acceptors (Lipinski definition) is 4. The van der Waals surface area contributed by atoms with Crippen molar-refractivity contribution in [2.45, 2.75) is 17.1 Å². The molecule has 7 heteroatoms. The van der Waals surface area contributed by atoms with Gasteiger partial charge in [-0.05, 0) is 59.1 Å². The van der Waals surface area contributed by atoms with Gasteiger partial charge >= 0.3 is 0 Å². The number of halogens is 1. The summed E-state index contributed by atoms with van der Waals surface area (Å²) in [4.78, 5) is 2.28. The number of nitrogens with zero attached hydrogens (tertiary/aromatic N) is 1. The van der Waals surface area contributed by atoms with Gasteiger partial charge in [-0.25, -0.2) is 8.42 Å². The lowest BCUT2D eigenvalue weighted by Crippen LogP contribution is -2.18. The van der Waals surface area contributed by atoms with Gasteiger partial charge in [0.05, 0.1) is 9.47 Å². The van der Waals surface area contributed by atoms with E-state index in [1.807, 2.05) is 18.2 Å². The van der Waals surface area contributed by atoms with E-state index in [9.17, 15) is 8.42 Å². The van der Waals surface area contributed by atoms with Crippen LogP contribution < -0.4 is 9.62 Å². The summed E-state index contributed by atoms with van der Waals surface area (Å²) in [6.07, 6.45) is 2.39. The fraction of sp³-hybridized carbons (Fsp3) is 0.286. The third kappa shape index (κ3) is 3.41. The first-order valence-corrected chi connectivity index (χ1v) is 9.77. The van der Waals surface area contributed by atoms with Gasteiger partial charge in [0.15, 0.2) is 0 Å². The highest BCUT2D eigenvalue weighted by Gasteiger charge is 2.18. The molecule has 1 aliphatic rings. The van der Waals surface area contributed by atoms with Crippen molar-refractivity contribution in [2.24, 2.45) is 0 Å². The van der Waals surface area contributed by atoms with Crippen LogP contribution >= 0.6 is 27.3 Å². The molecular formula is C14H15BrN2O2S2. The summed E-state index contributed by atoms with van der Waals surface area (Å²) in [5.41, 5.74) is 1.67. The lowest BCUT2D eigenvalue weighted by atomic mass is 10.2. The zero-order valence-electron chi connectivity index (χ0n) is 11.3. The minimum atomic E-state index is -3.51. The summed E-state index contributed by atoms with van der Waals surface area (Å²) < 4.78 is 28.4. The van der Waals surface area contributed by atoms with Gasteiger partial charge < -0.3 is 4.90 Å². The van der Waals surface area contributed by atoms with Crippen molar-refractivity contribution in [3.63, 3.8) is 0 Å². The van der Waals surface area contributed by atoms with Crippen molar-refractivity contribution >= 4 is 48.7 Å². The monoisotopic (exact) mass is 386 g/mol. The predicted octanol–water partition coefficient (Wildman–Crippen LogP) is 3.91. The van der Waals surface area contributed by atoms with E-state index in [-0.39, 0.29) is 0 Å². The third-order valence-corrected chi connectivity index (χ3v) is 6.88. The van der Waals surface area contributed by atoms with Gasteiger partial charge in [-0.1, -0.05) is 6.07 Å². The van der Waals surface area contributed by atoms with Crippen LogP contribution in [0.3, 0.4) is 0 Å². The lowest BCUT2D eigenvalue weighted by molar-refractivity contribution is 0.603. The van der Waals surface area contributed by atoms with E-state index in [1.165, 1.54) is 24.2 Å². The van der Waals surface area contributed by atoms with Crippen LogP contribution in [0.2, 0.25) is 0 Å². The molecule has 0 amide bonds. The first-order chi connectivity index (χ1) is 10.0. The van der Waals surface area contributed by atoms with Crippen molar-refractivity contribution in [3.05, 3.63) is 40.2 Å². The molecular weight excluding hydrogens is 372 g/mol. The Kier molecular flexibility index (Phi) is 4.24. The maximum Gasteiger partial charge on any atom is 0.271 e. The summed E-state index contributed by atoms with van der Waals surface area (Å²) in [6.45, 7) is 2.07. The van der Waals surface area contributed by atoms with Crippen LogP contribution in [0.5, 0.6) is 0 Å². The van der Waals surface area contributed by atoms with Crippen LogP contribution in [0, 0.1) is 0 Å². The summed E-state index contributed by atoms with van der Waals surface area (Å²) >= 11 is 4.49. The Hall–Kier alpha value is -1.05. The molecule has 112 valence electrons. The smallest absolute Gasteiger partial charge is 0.271 e. The van der Waals surface area contributed by atoms with Crippen LogP contribution in [0.4, 0.5) is 11.4 Å². The zero-order valence-corrected chi connectivity index (χ0v) is 14.5. The second-order valence-corrected chi connectivity index (χ2v) is 9.28. The van der Waals surface area contributed by atoms with Gasteiger partial charge in [-0.3, -0.25) is 4.72 Å². The average molecular weight is 387 g/mol. The normalized spacial score (nSPS) is 15.4. The third-order valence-electron chi connectivity index (χ3n) is 3.38. The Balaban J connectivity index is 1.83. The number of sulfonamides is 1. The second kappa shape index (κ2) is 5.98. The molecule has 0 bridgehead atoms. The van der Waals surface area contributed by atoms with E-state index < -0.39 is 10.0 Å². The first-order valence-electron chi connectivity index (χ1n) is 6.68. The number of nitrogens with one attached hydrogen (secondary N) is 1. The zero-order chi connectivity index (χ0) is 14.9. The highest BCUT2D eigenvalue weighted by molar-refractivity contribution is 9.11. The Bertz CT molecular complexity index is 737. The molecule has 1 fully saturated rings. The topological polar surface area (TPSA) is 49.4 Å². The number of thiophene rings is 1. The second-order valence-electron chi connectivity index (χ2n) is 4.91. The van der Waals surface area contributed by atoms with E-state index >= 15 is 0 Å². The molecule has 1 aliphatic heterocycles. The van der Waals surface area contributed by atoms with Crippen LogP contribution in [0.1, 0.15) is 12.8 Å². The van der Waals surface area contributed by atoms with E-state index in [0.29, 0.717) is 9.90 Å². The molecule has 1 aromatic carbocycles. The maximum atomic E-state index is 12.3. The molecule has 2 heterocycles. The van der Waals surface area contributed by atoms with E-state index in [0.717, 1.165) is 22.6 Å². The number of hydrogen-bond donors (Lipinski definition) is 1. The molecule has 1 aromatic heterocycles. The molecule has 1 N–H and O–H groups in total. The van der Waals surface area contributed by atoms with E-state index in [2.05, 4.69) is 25.6 Å². The van der Waals surface area contributed by atoms with E-state index in [4.69, 9.17) is 0 Å². The van der Waals surface area contributed by atoms with Crippen molar-refractivity contribution < 1.29 is 8.42 Å². The molecule has 2 aromatic rings. The molecule has 0 atom stereocenters. The standard InChI is InChI=1S/C14H15BrN2O2S2/c15-13-6-7-14(20-13)21(18,19)16-11-4-3-5-12(10-11)17-8-1-2-9-17/h3-7,10,16H,1-2,8-9H2. The molecule has 3 rings (SSSR count). The van der Waals surface area contributed by atoms with Gasteiger partial charge in [0.25, 0.3) is 10.0 Å². The maximum absolute atomic E-state index is 12.3. The van der Waals surface area contributed by atoms with Crippen LogP contribution in [-0.4, -0.2) is 21.5 Å². The first kappa shape index (κ1) is 14.9. The Morgan fingerprint density at radius 3 is 2.57 bits per heavy atom. The quantitative estimate of drug-likeness (QED) is 0.866. The lowest BCUT2D eigenvalue weighted by Gasteiger charge is -2.18. The van der Waals surface area contributed by atoms with E-state index in [1.54, 1.807) is 18.2 Å². The molecule has 0 unspecified atom stereocenters. The summed E-state index contributed by atoms with van der Waals surface area (Å²) in [7, 11) is -3.51. The van der Waals surface area contributed by atoms with Crippen molar-refractivity contribution in [1.29, 1.82) is 0 Å². The molecule has 0 aliphatic carbocycles. The minimum Gasteiger partial charge on any atom is -0.371 e.